The van der Waals surface area contributed by atoms with E-state index in [2.05, 4.69) is 30.4 Å². The van der Waals surface area contributed by atoms with Gasteiger partial charge < -0.3 is 10.1 Å². The van der Waals surface area contributed by atoms with E-state index in [0.29, 0.717) is 12.3 Å². The average molecular weight is 306 g/mol. The molecule has 1 heterocycles. The summed E-state index contributed by atoms with van der Waals surface area (Å²) < 4.78 is 5.96. The van der Waals surface area contributed by atoms with Crippen LogP contribution in [0.3, 0.4) is 0 Å². The second-order valence-electron chi connectivity index (χ2n) is 6.50. The Hall–Kier alpha value is -2.31. The van der Waals surface area contributed by atoms with Crippen molar-refractivity contribution in [3.05, 3.63) is 59.7 Å². The summed E-state index contributed by atoms with van der Waals surface area (Å²) in [5.74, 6) is 2.28. The lowest BCUT2D eigenvalue weighted by atomic mass is 9.83. The van der Waals surface area contributed by atoms with E-state index in [0.717, 1.165) is 30.0 Å². The summed E-state index contributed by atoms with van der Waals surface area (Å²) in [6.45, 7) is 5.22. The Morgan fingerprint density at radius 2 is 1.96 bits per heavy atom. The molecule has 2 aromatic rings. The molecule has 0 radical (unpaired) electrons. The number of aryl methyl sites for hydroxylation is 1. The molecule has 2 atom stereocenters. The molecule has 118 valence electrons. The van der Waals surface area contributed by atoms with Crippen molar-refractivity contribution in [1.29, 1.82) is 5.26 Å². The first kappa shape index (κ1) is 15.6. The molecule has 0 unspecified atom stereocenters. The second-order valence-corrected chi connectivity index (χ2v) is 6.50. The highest BCUT2D eigenvalue weighted by Gasteiger charge is 2.38. The maximum Gasteiger partial charge on any atom is 0.130 e. The molecule has 23 heavy (non-hydrogen) atoms. The molecule has 0 saturated carbocycles. The van der Waals surface area contributed by atoms with Crippen molar-refractivity contribution in [3.8, 4) is 17.6 Å². The highest BCUT2D eigenvalue weighted by Crippen LogP contribution is 2.37. The molecule has 1 aliphatic heterocycles. The minimum absolute atomic E-state index is 0.213. The molecular formula is C20H22N2O. The van der Waals surface area contributed by atoms with Crippen molar-refractivity contribution >= 4 is 0 Å². The molecule has 1 N–H and O–H groups in total. The van der Waals surface area contributed by atoms with E-state index >= 15 is 0 Å². The van der Waals surface area contributed by atoms with E-state index in [1.54, 1.807) is 0 Å². The van der Waals surface area contributed by atoms with E-state index in [1.165, 1.54) is 5.56 Å². The quantitative estimate of drug-likeness (QED) is 0.903. The smallest absolute Gasteiger partial charge is 0.130 e. The van der Waals surface area contributed by atoms with Crippen molar-refractivity contribution in [2.24, 2.45) is 5.92 Å². The van der Waals surface area contributed by atoms with Crippen LogP contribution >= 0.6 is 0 Å². The van der Waals surface area contributed by atoms with E-state index in [9.17, 15) is 5.26 Å². The molecule has 1 fully saturated rings. The van der Waals surface area contributed by atoms with Crippen LogP contribution in [0.15, 0.2) is 48.5 Å². The van der Waals surface area contributed by atoms with Gasteiger partial charge in [0, 0.05) is 0 Å². The Morgan fingerprint density at radius 1 is 1.22 bits per heavy atom. The van der Waals surface area contributed by atoms with Crippen LogP contribution in [-0.2, 0) is 5.54 Å². The van der Waals surface area contributed by atoms with Gasteiger partial charge >= 0.3 is 0 Å². The van der Waals surface area contributed by atoms with E-state index < -0.39 is 0 Å². The highest BCUT2D eigenvalue weighted by molar-refractivity contribution is 5.39. The number of nitrogens with zero attached hydrogens (tertiary/aromatic N) is 1. The fraction of sp³-hybridized carbons (Fsp3) is 0.350. The normalized spacial score (nSPS) is 23.4. The van der Waals surface area contributed by atoms with Crippen molar-refractivity contribution in [1.82, 2.24) is 5.32 Å². The molecule has 0 bridgehead atoms. The van der Waals surface area contributed by atoms with E-state index in [1.807, 2.05) is 43.3 Å². The summed E-state index contributed by atoms with van der Waals surface area (Å²) in [5, 5.41) is 12.8. The monoisotopic (exact) mass is 306 g/mol. The predicted octanol–water partition coefficient (Wildman–Crippen LogP) is 4.53. The topological polar surface area (TPSA) is 45.0 Å². The third-order valence-corrected chi connectivity index (χ3v) is 4.59. The minimum atomic E-state index is -0.213. The van der Waals surface area contributed by atoms with Crippen LogP contribution in [0.4, 0.5) is 0 Å². The maximum atomic E-state index is 9.20. The van der Waals surface area contributed by atoms with E-state index in [-0.39, 0.29) is 5.54 Å². The number of ether oxygens (including phenoxy) is 1. The van der Waals surface area contributed by atoms with Crippen LogP contribution in [0.1, 0.15) is 30.9 Å². The Kier molecular flexibility index (Phi) is 4.36. The number of para-hydroxylation sites is 1. The van der Waals surface area contributed by atoms with Crippen LogP contribution in [0.5, 0.6) is 11.5 Å². The molecule has 1 aliphatic rings. The minimum Gasteiger partial charge on any atom is -0.457 e. The second kappa shape index (κ2) is 6.44. The Balaban J connectivity index is 1.82. The first-order chi connectivity index (χ1) is 11.1. The summed E-state index contributed by atoms with van der Waals surface area (Å²) >= 11 is 0. The van der Waals surface area contributed by atoms with Gasteiger partial charge in [0.2, 0.25) is 0 Å². The summed E-state index contributed by atoms with van der Waals surface area (Å²) in [5.41, 5.74) is 2.07. The lowest BCUT2D eigenvalue weighted by Gasteiger charge is -2.28. The van der Waals surface area contributed by atoms with Crippen LogP contribution in [0.2, 0.25) is 0 Å². The largest absolute Gasteiger partial charge is 0.457 e. The Labute approximate surface area is 137 Å². The summed E-state index contributed by atoms with van der Waals surface area (Å²) in [4.78, 5) is 0. The number of hydrogen-bond acceptors (Lipinski definition) is 3. The molecule has 2 aromatic carbocycles. The highest BCUT2D eigenvalue weighted by atomic mass is 16.5. The van der Waals surface area contributed by atoms with Crippen molar-refractivity contribution in [3.63, 3.8) is 0 Å². The van der Waals surface area contributed by atoms with Gasteiger partial charge in [-0.2, -0.15) is 5.26 Å². The number of nitrogens with one attached hydrogen (secondary N) is 1. The Bertz CT molecular complexity index is 717. The molecule has 0 aromatic heterocycles. The molecule has 3 nitrogen and oxygen atoms in total. The first-order valence-electron chi connectivity index (χ1n) is 8.09. The van der Waals surface area contributed by atoms with Crippen molar-refractivity contribution < 1.29 is 4.74 Å². The maximum absolute atomic E-state index is 9.20. The first-order valence-corrected chi connectivity index (χ1v) is 8.09. The number of nitriles is 1. The van der Waals surface area contributed by atoms with Crippen LogP contribution in [-0.4, -0.2) is 6.54 Å². The van der Waals surface area contributed by atoms with Gasteiger partial charge in [0.25, 0.3) is 0 Å². The lowest BCUT2D eigenvalue weighted by Crippen LogP contribution is -2.36. The number of benzene rings is 2. The molecule has 0 amide bonds. The van der Waals surface area contributed by atoms with Crippen molar-refractivity contribution in [2.45, 2.75) is 32.2 Å². The molecule has 3 heteroatoms. The van der Waals surface area contributed by atoms with Gasteiger partial charge in [0.1, 0.15) is 11.5 Å². The van der Waals surface area contributed by atoms with Crippen LogP contribution in [0, 0.1) is 24.2 Å². The summed E-state index contributed by atoms with van der Waals surface area (Å²) in [7, 11) is 0. The van der Waals surface area contributed by atoms with Gasteiger partial charge in [0.15, 0.2) is 0 Å². The van der Waals surface area contributed by atoms with Gasteiger partial charge in [-0.3, -0.25) is 0 Å². The van der Waals surface area contributed by atoms with Gasteiger partial charge in [-0.05, 0) is 55.1 Å². The SMILES string of the molecule is Cc1ccccc1Oc1ccc([C@@]2(CC#N)C[C@H](C)CN2)cc1. The van der Waals surface area contributed by atoms with Gasteiger partial charge in [-0.1, -0.05) is 37.3 Å². The van der Waals surface area contributed by atoms with Gasteiger partial charge in [-0.15, -0.1) is 0 Å². The fourth-order valence-corrected chi connectivity index (χ4v) is 3.34. The summed E-state index contributed by atoms with van der Waals surface area (Å²) in [6, 6.07) is 18.5. The third-order valence-electron chi connectivity index (χ3n) is 4.59. The lowest BCUT2D eigenvalue weighted by molar-refractivity contribution is 0.388. The van der Waals surface area contributed by atoms with Gasteiger partial charge in [-0.25, -0.2) is 0 Å². The Morgan fingerprint density at radius 3 is 2.57 bits per heavy atom. The zero-order valence-corrected chi connectivity index (χ0v) is 13.7. The predicted molar refractivity (Wildman–Crippen MR) is 91.4 cm³/mol. The van der Waals surface area contributed by atoms with E-state index in [4.69, 9.17) is 4.74 Å². The number of rotatable bonds is 4. The zero-order valence-electron chi connectivity index (χ0n) is 13.7. The molecule has 0 spiro atoms. The average Bonchev–Trinajstić information content (AvgIpc) is 2.93. The standard InChI is InChI=1S/C20H22N2O/c1-15-13-20(11-12-21,22-14-15)17-7-9-18(10-8-17)23-19-6-4-3-5-16(19)2/h3-10,15,22H,11,13-14H2,1-2H3/t15-,20+/m0/s1. The van der Waals surface area contributed by atoms with Crippen molar-refractivity contribution in [2.75, 3.05) is 6.54 Å². The third kappa shape index (κ3) is 3.23. The van der Waals surface area contributed by atoms with Gasteiger partial charge in [0.05, 0.1) is 18.0 Å². The molecule has 0 aliphatic carbocycles. The van der Waals surface area contributed by atoms with Crippen LogP contribution < -0.4 is 10.1 Å². The fourth-order valence-electron chi connectivity index (χ4n) is 3.34. The zero-order chi connectivity index (χ0) is 16.3. The molecule has 1 saturated heterocycles. The molecular weight excluding hydrogens is 284 g/mol. The number of hydrogen-bond donors (Lipinski definition) is 1. The van der Waals surface area contributed by atoms with Crippen LogP contribution in [0.25, 0.3) is 0 Å². The molecule has 3 rings (SSSR count). The summed E-state index contributed by atoms with van der Waals surface area (Å²) in [6.07, 6.45) is 1.49.